The van der Waals surface area contributed by atoms with E-state index in [1.54, 1.807) is 7.11 Å². The molecule has 3 N–H and O–H groups in total. The minimum Gasteiger partial charge on any atom is -0.497 e. The first kappa shape index (κ1) is 19.4. The SMILES string of the molecule is COc1ccc2cc(C(=O)NC3CCC(CC(=O)CCN)CC3)ccc2c1. The molecule has 0 aliphatic heterocycles. The maximum Gasteiger partial charge on any atom is 0.251 e. The van der Waals surface area contributed by atoms with Gasteiger partial charge in [-0.2, -0.15) is 0 Å². The summed E-state index contributed by atoms with van der Waals surface area (Å²) in [5.74, 6) is 1.47. The summed E-state index contributed by atoms with van der Waals surface area (Å²) < 4.78 is 5.24. The summed E-state index contributed by atoms with van der Waals surface area (Å²) >= 11 is 0. The largest absolute Gasteiger partial charge is 0.497 e. The van der Waals surface area contributed by atoms with Gasteiger partial charge in [0.15, 0.2) is 0 Å². The van der Waals surface area contributed by atoms with Gasteiger partial charge in [0.05, 0.1) is 7.11 Å². The lowest BCUT2D eigenvalue weighted by Gasteiger charge is -2.28. The summed E-state index contributed by atoms with van der Waals surface area (Å²) in [6, 6.07) is 11.7. The number of ketones is 1. The predicted octanol–water partition coefficient (Wildman–Crippen LogP) is 3.45. The number of nitrogens with two attached hydrogens (primary N) is 1. The lowest BCUT2D eigenvalue weighted by Crippen LogP contribution is -2.37. The summed E-state index contributed by atoms with van der Waals surface area (Å²) in [6.45, 7) is 0.433. The first-order valence-electron chi connectivity index (χ1n) is 9.69. The number of rotatable bonds is 7. The van der Waals surface area contributed by atoms with Crippen molar-refractivity contribution >= 4 is 22.5 Å². The van der Waals surface area contributed by atoms with Crippen molar-refractivity contribution in [3.05, 3.63) is 42.0 Å². The van der Waals surface area contributed by atoms with Gasteiger partial charge >= 0.3 is 0 Å². The van der Waals surface area contributed by atoms with Crippen molar-refractivity contribution in [2.45, 2.75) is 44.6 Å². The second-order valence-corrected chi connectivity index (χ2v) is 7.40. The summed E-state index contributed by atoms with van der Waals surface area (Å²) in [4.78, 5) is 24.4. The van der Waals surface area contributed by atoms with E-state index in [1.165, 1.54) is 0 Å². The van der Waals surface area contributed by atoms with Crippen molar-refractivity contribution in [1.29, 1.82) is 0 Å². The Labute approximate surface area is 160 Å². The zero-order chi connectivity index (χ0) is 19.2. The Morgan fingerprint density at radius 3 is 2.48 bits per heavy atom. The number of benzene rings is 2. The molecule has 1 aliphatic carbocycles. The molecule has 144 valence electrons. The van der Waals surface area contributed by atoms with Crippen LogP contribution in [0.1, 0.15) is 48.9 Å². The van der Waals surface area contributed by atoms with E-state index >= 15 is 0 Å². The normalized spacial score (nSPS) is 19.6. The van der Waals surface area contributed by atoms with E-state index in [1.807, 2.05) is 36.4 Å². The molecular formula is C22H28N2O3. The van der Waals surface area contributed by atoms with Crippen LogP contribution in [0.2, 0.25) is 0 Å². The van der Waals surface area contributed by atoms with Crippen molar-refractivity contribution in [2.24, 2.45) is 11.7 Å². The molecule has 0 spiro atoms. The molecule has 5 heteroatoms. The molecule has 0 heterocycles. The fourth-order valence-corrected chi connectivity index (χ4v) is 3.86. The zero-order valence-electron chi connectivity index (χ0n) is 15.9. The molecule has 0 atom stereocenters. The van der Waals surface area contributed by atoms with E-state index in [0.717, 1.165) is 42.2 Å². The first-order valence-corrected chi connectivity index (χ1v) is 9.69. The van der Waals surface area contributed by atoms with E-state index < -0.39 is 0 Å². The highest BCUT2D eigenvalue weighted by atomic mass is 16.5. The van der Waals surface area contributed by atoms with Gasteiger partial charge in [0.1, 0.15) is 11.5 Å². The number of fused-ring (bicyclic) bond motifs is 1. The Balaban J connectivity index is 1.55. The van der Waals surface area contributed by atoms with E-state index in [-0.39, 0.29) is 17.7 Å². The molecule has 1 amide bonds. The van der Waals surface area contributed by atoms with Gasteiger partial charge in [-0.05, 0) is 73.2 Å². The van der Waals surface area contributed by atoms with Gasteiger partial charge in [0.25, 0.3) is 5.91 Å². The number of methoxy groups -OCH3 is 1. The van der Waals surface area contributed by atoms with Crippen LogP contribution in [0.25, 0.3) is 10.8 Å². The number of Topliss-reactive ketones (excluding diaryl/α,β-unsaturated/α-hetero) is 1. The Hall–Kier alpha value is -2.40. The molecule has 1 fully saturated rings. The topological polar surface area (TPSA) is 81.4 Å². The lowest BCUT2D eigenvalue weighted by molar-refractivity contribution is -0.120. The van der Waals surface area contributed by atoms with Crippen LogP contribution in [0.4, 0.5) is 0 Å². The molecule has 0 radical (unpaired) electrons. The zero-order valence-corrected chi connectivity index (χ0v) is 15.9. The van der Waals surface area contributed by atoms with Gasteiger partial charge in [-0.15, -0.1) is 0 Å². The van der Waals surface area contributed by atoms with Crippen LogP contribution in [0.5, 0.6) is 5.75 Å². The quantitative estimate of drug-likeness (QED) is 0.784. The fraction of sp³-hybridized carbons (Fsp3) is 0.455. The molecule has 1 aliphatic rings. The molecular weight excluding hydrogens is 340 g/mol. The number of hydrogen-bond donors (Lipinski definition) is 2. The number of carbonyl (C=O) groups excluding carboxylic acids is 2. The Morgan fingerprint density at radius 1 is 1.07 bits per heavy atom. The van der Waals surface area contributed by atoms with E-state index in [9.17, 15) is 9.59 Å². The molecule has 27 heavy (non-hydrogen) atoms. The number of nitrogens with one attached hydrogen (secondary N) is 1. The summed E-state index contributed by atoms with van der Waals surface area (Å²) in [5.41, 5.74) is 6.12. The molecule has 0 saturated heterocycles. The van der Waals surface area contributed by atoms with Crippen LogP contribution in [-0.2, 0) is 4.79 Å². The number of carbonyl (C=O) groups is 2. The Kier molecular flexibility index (Phi) is 6.45. The standard InChI is InChI=1S/C22H28N2O3/c1-27-21-9-6-16-13-18(5-4-17(16)14-21)22(26)24-19-7-2-15(3-8-19)12-20(25)10-11-23/h4-6,9,13-15,19H,2-3,7-8,10-12,23H2,1H3,(H,24,26). The molecule has 2 aromatic rings. The van der Waals surface area contributed by atoms with Crippen LogP contribution >= 0.6 is 0 Å². The van der Waals surface area contributed by atoms with Crippen molar-refractivity contribution in [1.82, 2.24) is 5.32 Å². The maximum absolute atomic E-state index is 12.6. The van der Waals surface area contributed by atoms with Crippen molar-refractivity contribution < 1.29 is 14.3 Å². The molecule has 5 nitrogen and oxygen atoms in total. The van der Waals surface area contributed by atoms with Crippen LogP contribution in [0, 0.1) is 5.92 Å². The van der Waals surface area contributed by atoms with Crippen LogP contribution < -0.4 is 15.8 Å². The predicted molar refractivity (Wildman–Crippen MR) is 107 cm³/mol. The van der Waals surface area contributed by atoms with Gasteiger partial charge in [0.2, 0.25) is 0 Å². The van der Waals surface area contributed by atoms with Gasteiger partial charge < -0.3 is 15.8 Å². The number of ether oxygens (including phenoxy) is 1. The molecule has 0 bridgehead atoms. The van der Waals surface area contributed by atoms with Crippen molar-refractivity contribution in [2.75, 3.05) is 13.7 Å². The highest BCUT2D eigenvalue weighted by Gasteiger charge is 2.24. The third-order valence-electron chi connectivity index (χ3n) is 5.43. The number of amides is 1. The smallest absolute Gasteiger partial charge is 0.251 e. The summed E-state index contributed by atoms with van der Waals surface area (Å²) in [5, 5.41) is 5.22. The first-order chi connectivity index (χ1) is 13.1. The van der Waals surface area contributed by atoms with Crippen LogP contribution in [0.15, 0.2) is 36.4 Å². The Morgan fingerprint density at radius 2 is 1.78 bits per heavy atom. The van der Waals surface area contributed by atoms with Crippen molar-refractivity contribution in [3.8, 4) is 5.75 Å². The fourth-order valence-electron chi connectivity index (χ4n) is 3.86. The third kappa shape index (κ3) is 5.07. The minimum absolute atomic E-state index is 0.0321. The van der Waals surface area contributed by atoms with E-state index in [2.05, 4.69) is 5.32 Å². The molecule has 0 unspecified atom stereocenters. The number of hydrogen-bond acceptors (Lipinski definition) is 4. The molecule has 3 rings (SSSR count). The average Bonchev–Trinajstić information content (AvgIpc) is 2.68. The van der Waals surface area contributed by atoms with Gasteiger partial charge in [-0.3, -0.25) is 9.59 Å². The minimum atomic E-state index is -0.0321. The van der Waals surface area contributed by atoms with E-state index in [4.69, 9.17) is 10.5 Å². The molecule has 0 aromatic heterocycles. The monoisotopic (exact) mass is 368 g/mol. The van der Waals surface area contributed by atoms with Crippen LogP contribution in [0.3, 0.4) is 0 Å². The third-order valence-corrected chi connectivity index (χ3v) is 5.43. The summed E-state index contributed by atoms with van der Waals surface area (Å²) in [7, 11) is 1.64. The van der Waals surface area contributed by atoms with Gasteiger partial charge in [-0.25, -0.2) is 0 Å². The summed E-state index contributed by atoms with van der Waals surface area (Å²) in [6.07, 6.45) is 4.93. The molecule has 1 saturated carbocycles. The van der Waals surface area contributed by atoms with Crippen molar-refractivity contribution in [3.63, 3.8) is 0 Å². The Bertz CT molecular complexity index is 810. The van der Waals surface area contributed by atoms with E-state index in [0.29, 0.717) is 30.9 Å². The van der Waals surface area contributed by atoms with Gasteiger partial charge in [-0.1, -0.05) is 12.1 Å². The maximum atomic E-state index is 12.6. The molecule has 2 aromatic carbocycles. The lowest BCUT2D eigenvalue weighted by atomic mass is 9.82. The van der Waals surface area contributed by atoms with Gasteiger partial charge in [0, 0.05) is 24.4 Å². The second-order valence-electron chi connectivity index (χ2n) is 7.40. The van der Waals surface area contributed by atoms with Crippen LogP contribution in [-0.4, -0.2) is 31.4 Å². The average molecular weight is 368 g/mol. The highest BCUT2D eigenvalue weighted by Crippen LogP contribution is 2.28. The highest BCUT2D eigenvalue weighted by molar-refractivity contribution is 5.99. The second kappa shape index (κ2) is 9.00.